The van der Waals surface area contributed by atoms with E-state index >= 15 is 0 Å². The Balaban J connectivity index is 2.50. The van der Waals surface area contributed by atoms with Crippen LogP contribution < -0.4 is 4.74 Å². The van der Waals surface area contributed by atoms with Gasteiger partial charge in [0, 0.05) is 12.0 Å². The van der Waals surface area contributed by atoms with E-state index in [0.29, 0.717) is 0 Å². The maximum absolute atomic E-state index is 11.7. The number of carbonyl (C=O) groups is 3. The predicted octanol–water partition coefficient (Wildman–Crippen LogP) is 1.94. The highest BCUT2D eigenvalue weighted by molar-refractivity contribution is 6.23. The summed E-state index contributed by atoms with van der Waals surface area (Å²) in [5, 5.41) is 0. The zero-order valence-corrected chi connectivity index (χ0v) is 9.23. The monoisotopic (exact) mass is 230 g/mol. The van der Waals surface area contributed by atoms with Crippen LogP contribution in [-0.4, -0.2) is 17.5 Å². The highest BCUT2D eigenvalue weighted by Crippen LogP contribution is 2.27. The fraction of sp³-hybridized carbons (Fsp3) is 0.154. The number of hydrogen-bond donors (Lipinski definition) is 0. The van der Waals surface area contributed by atoms with E-state index in [-0.39, 0.29) is 34.9 Å². The van der Waals surface area contributed by atoms with Gasteiger partial charge >= 0.3 is 5.97 Å². The summed E-state index contributed by atoms with van der Waals surface area (Å²) in [5.41, 5.74) is 0.445. The fourth-order valence-corrected chi connectivity index (χ4v) is 1.59. The van der Waals surface area contributed by atoms with Crippen LogP contribution in [0.1, 0.15) is 34.1 Å². The third kappa shape index (κ3) is 2.01. The second-order valence-electron chi connectivity index (χ2n) is 3.57. The van der Waals surface area contributed by atoms with Crippen molar-refractivity contribution in [2.75, 3.05) is 0 Å². The van der Waals surface area contributed by atoms with E-state index in [1.807, 2.05) is 0 Å². The van der Waals surface area contributed by atoms with E-state index < -0.39 is 5.97 Å². The molecule has 1 aliphatic carbocycles. The molecule has 2 rings (SSSR count). The summed E-state index contributed by atoms with van der Waals surface area (Å²) in [5.74, 6) is -0.863. The Hall–Kier alpha value is -2.23. The van der Waals surface area contributed by atoms with Crippen LogP contribution in [0.25, 0.3) is 0 Å². The van der Waals surface area contributed by atoms with Crippen LogP contribution in [-0.2, 0) is 4.79 Å². The second kappa shape index (κ2) is 4.33. The number of ketones is 2. The molecule has 1 aromatic rings. The van der Waals surface area contributed by atoms with Crippen molar-refractivity contribution in [3.63, 3.8) is 0 Å². The van der Waals surface area contributed by atoms with Crippen molar-refractivity contribution in [2.24, 2.45) is 0 Å². The summed E-state index contributed by atoms with van der Waals surface area (Å²) >= 11 is 0. The molecular weight excluding hydrogens is 220 g/mol. The van der Waals surface area contributed by atoms with Gasteiger partial charge in [0.2, 0.25) is 0 Å². The Morgan fingerprint density at radius 3 is 2.59 bits per heavy atom. The normalized spacial score (nSPS) is 13.5. The topological polar surface area (TPSA) is 60.4 Å². The number of carbonyl (C=O) groups excluding carboxylic acids is 3. The lowest BCUT2D eigenvalue weighted by molar-refractivity contribution is -0.134. The molecule has 0 heterocycles. The first-order valence-corrected chi connectivity index (χ1v) is 5.24. The predicted molar refractivity (Wildman–Crippen MR) is 60.2 cm³/mol. The summed E-state index contributed by atoms with van der Waals surface area (Å²) in [6.07, 6.45) is 2.62. The zero-order valence-electron chi connectivity index (χ0n) is 9.23. The summed E-state index contributed by atoms with van der Waals surface area (Å²) in [6, 6.07) is 4.64. The minimum atomic E-state index is -0.437. The minimum absolute atomic E-state index is 0.150. The van der Waals surface area contributed by atoms with Crippen molar-refractivity contribution in [3.05, 3.63) is 41.5 Å². The zero-order chi connectivity index (χ0) is 12.4. The van der Waals surface area contributed by atoms with Crippen molar-refractivity contribution in [1.29, 1.82) is 0 Å². The first kappa shape index (κ1) is 11.3. The minimum Gasteiger partial charge on any atom is -0.426 e. The maximum atomic E-state index is 11.7. The summed E-state index contributed by atoms with van der Waals surface area (Å²) in [6.45, 7) is 1.66. The lowest BCUT2D eigenvalue weighted by atomic mass is 9.94. The van der Waals surface area contributed by atoms with Gasteiger partial charge in [0.1, 0.15) is 5.75 Å². The molecule has 4 nitrogen and oxygen atoms in total. The van der Waals surface area contributed by atoms with E-state index in [4.69, 9.17) is 4.74 Å². The van der Waals surface area contributed by atoms with E-state index in [1.165, 1.54) is 18.2 Å². The summed E-state index contributed by atoms with van der Waals surface area (Å²) in [4.78, 5) is 34.5. The number of ether oxygens (including phenoxy) is 1. The van der Waals surface area contributed by atoms with Gasteiger partial charge in [-0.25, -0.2) is 0 Å². The van der Waals surface area contributed by atoms with Crippen LogP contribution in [0, 0.1) is 0 Å². The van der Waals surface area contributed by atoms with Gasteiger partial charge < -0.3 is 4.74 Å². The average Bonchev–Trinajstić information content (AvgIpc) is 2.34. The molecule has 0 unspecified atom stereocenters. The highest BCUT2D eigenvalue weighted by atomic mass is 16.5. The Labute approximate surface area is 97.9 Å². The van der Waals surface area contributed by atoms with Crippen LogP contribution in [0.15, 0.2) is 30.4 Å². The van der Waals surface area contributed by atoms with Gasteiger partial charge in [0.15, 0.2) is 11.6 Å². The van der Waals surface area contributed by atoms with Crippen molar-refractivity contribution in [1.82, 2.24) is 0 Å². The standard InChI is InChI=1S/C13H10O4/c1-2-12(16)17-11-5-3-4-8-9(14)6-7-10(15)13(8)11/h3-7H,2H2,1H3. The Morgan fingerprint density at radius 1 is 1.18 bits per heavy atom. The highest BCUT2D eigenvalue weighted by Gasteiger charge is 2.23. The van der Waals surface area contributed by atoms with E-state index in [0.717, 1.165) is 0 Å². The first-order chi connectivity index (χ1) is 8.13. The smallest absolute Gasteiger partial charge is 0.310 e. The van der Waals surface area contributed by atoms with Crippen LogP contribution in [0.5, 0.6) is 5.75 Å². The van der Waals surface area contributed by atoms with Crippen molar-refractivity contribution in [2.45, 2.75) is 13.3 Å². The number of fused-ring (bicyclic) bond motifs is 1. The summed E-state index contributed by atoms with van der Waals surface area (Å²) < 4.78 is 5.03. The molecular formula is C13H10O4. The van der Waals surface area contributed by atoms with Gasteiger partial charge in [0.25, 0.3) is 0 Å². The largest absolute Gasteiger partial charge is 0.426 e. The SMILES string of the molecule is CCC(=O)Oc1cccc2c1C(=O)C=CC2=O. The Morgan fingerprint density at radius 2 is 1.88 bits per heavy atom. The number of rotatable bonds is 2. The fourth-order valence-electron chi connectivity index (χ4n) is 1.59. The molecule has 0 spiro atoms. The molecule has 0 radical (unpaired) electrons. The Bertz CT molecular complexity index is 540. The van der Waals surface area contributed by atoms with Gasteiger partial charge in [-0.05, 0) is 18.2 Å². The molecule has 4 heteroatoms. The molecule has 0 aromatic heterocycles. The van der Waals surface area contributed by atoms with Crippen LogP contribution in [0.4, 0.5) is 0 Å². The molecule has 0 atom stereocenters. The van der Waals surface area contributed by atoms with Crippen molar-refractivity contribution < 1.29 is 19.1 Å². The number of benzene rings is 1. The Kier molecular flexibility index (Phi) is 2.87. The van der Waals surface area contributed by atoms with Crippen LogP contribution in [0.2, 0.25) is 0 Å². The molecule has 0 saturated carbocycles. The number of allylic oxidation sites excluding steroid dienone is 2. The molecule has 0 bridgehead atoms. The lowest BCUT2D eigenvalue weighted by Crippen LogP contribution is -2.15. The molecule has 17 heavy (non-hydrogen) atoms. The van der Waals surface area contributed by atoms with E-state index in [1.54, 1.807) is 19.1 Å². The lowest BCUT2D eigenvalue weighted by Gasteiger charge is -2.13. The van der Waals surface area contributed by atoms with Crippen LogP contribution in [0.3, 0.4) is 0 Å². The van der Waals surface area contributed by atoms with Gasteiger partial charge in [-0.3, -0.25) is 14.4 Å². The van der Waals surface area contributed by atoms with E-state index in [9.17, 15) is 14.4 Å². The first-order valence-electron chi connectivity index (χ1n) is 5.24. The molecule has 0 saturated heterocycles. The molecule has 1 aromatic carbocycles. The average molecular weight is 230 g/mol. The molecule has 0 fully saturated rings. The van der Waals surface area contributed by atoms with Crippen molar-refractivity contribution >= 4 is 17.5 Å². The summed E-state index contributed by atoms with van der Waals surface area (Å²) in [7, 11) is 0. The third-order valence-corrected chi connectivity index (χ3v) is 2.44. The quantitative estimate of drug-likeness (QED) is 0.575. The molecule has 0 amide bonds. The van der Waals surface area contributed by atoms with Gasteiger partial charge in [0.05, 0.1) is 5.56 Å². The number of hydrogen-bond acceptors (Lipinski definition) is 4. The van der Waals surface area contributed by atoms with Crippen LogP contribution >= 0.6 is 0 Å². The maximum Gasteiger partial charge on any atom is 0.310 e. The van der Waals surface area contributed by atoms with Gasteiger partial charge in [-0.15, -0.1) is 0 Å². The van der Waals surface area contributed by atoms with Crippen molar-refractivity contribution in [3.8, 4) is 5.75 Å². The number of esters is 1. The van der Waals surface area contributed by atoms with E-state index in [2.05, 4.69) is 0 Å². The second-order valence-corrected chi connectivity index (χ2v) is 3.57. The van der Waals surface area contributed by atoms with Gasteiger partial charge in [-0.2, -0.15) is 0 Å². The molecule has 1 aliphatic rings. The molecule has 86 valence electrons. The van der Waals surface area contributed by atoms with Gasteiger partial charge in [-0.1, -0.05) is 19.1 Å². The third-order valence-electron chi connectivity index (χ3n) is 2.44. The molecule has 0 aliphatic heterocycles. The molecule has 0 N–H and O–H groups in total.